The number of esters is 1. The molecule has 1 heterocycles. The highest BCUT2D eigenvalue weighted by molar-refractivity contribution is 6.30. The molecule has 1 aliphatic rings. The van der Waals surface area contributed by atoms with Crippen LogP contribution in [0.15, 0.2) is 24.3 Å². The van der Waals surface area contributed by atoms with Gasteiger partial charge in [-0.3, -0.25) is 14.5 Å². The molecule has 23 heavy (non-hydrogen) atoms. The lowest BCUT2D eigenvalue weighted by atomic mass is 9.93. The first kappa shape index (κ1) is 17.3. The summed E-state index contributed by atoms with van der Waals surface area (Å²) in [6.45, 7) is 3.32. The fraction of sp³-hybridized carbons (Fsp3) is 0.438. The summed E-state index contributed by atoms with van der Waals surface area (Å²) in [4.78, 5) is 37.1. The molecular formula is C16H19ClN2O4. The Labute approximate surface area is 139 Å². The molecule has 0 aromatic heterocycles. The van der Waals surface area contributed by atoms with Crippen molar-refractivity contribution in [1.82, 2.24) is 10.2 Å². The van der Waals surface area contributed by atoms with E-state index in [2.05, 4.69) is 5.32 Å². The smallest absolute Gasteiger partial charge is 0.326 e. The normalized spacial score (nSPS) is 16.4. The number of nitrogens with one attached hydrogen (secondary N) is 1. The average Bonchev–Trinajstić information content (AvgIpc) is 2.79. The van der Waals surface area contributed by atoms with Crippen molar-refractivity contribution in [3.8, 4) is 0 Å². The second-order valence-corrected chi connectivity index (χ2v) is 5.83. The van der Waals surface area contributed by atoms with Crippen molar-refractivity contribution >= 4 is 29.5 Å². The van der Waals surface area contributed by atoms with Gasteiger partial charge in [-0.1, -0.05) is 37.6 Å². The third-order valence-electron chi connectivity index (χ3n) is 4.05. The zero-order valence-electron chi connectivity index (χ0n) is 13.1. The summed E-state index contributed by atoms with van der Waals surface area (Å²) >= 11 is 5.78. The highest BCUT2D eigenvalue weighted by atomic mass is 35.5. The lowest BCUT2D eigenvalue weighted by Crippen LogP contribution is -2.46. The lowest BCUT2D eigenvalue weighted by molar-refractivity contribution is -0.148. The molecule has 124 valence electrons. The lowest BCUT2D eigenvalue weighted by Gasteiger charge is -2.22. The summed E-state index contributed by atoms with van der Waals surface area (Å²) in [6, 6.07) is 6.31. The van der Waals surface area contributed by atoms with Crippen LogP contribution in [-0.4, -0.2) is 34.9 Å². The van der Waals surface area contributed by atoms with Crippen molar-refractivity contribution in [3.63, 3.8) is 0 Å². The molecule has 1 fully saturated rings. The van der Waals surface area contributed by atoms with Crippen LogP contribution in [0.1, 0.15) is 32.3 Å². The Bertz CT molecular complexity index is 611. The minimum Gasteiger partial charge on any atom is -0.459 e. The van der Waals surface area contributed by atoms with Gasteiger partial charge in [0.05, 0.1) is 0 Å². The molecular weight excluding hydrogens is 320 g/mol. The molecule has 1 aliphatic heterocycles. The van der Waals surface area contributed by atoms with Gasteiger partial charge in [0, 0.05) is 5.02 Å². The number of halogens is 1. The fourth-order valence-electron chi connectivity index (χ4n) is 2.47. The third-order valence-corrected chi connectivity index (χ3v) is 4.31. The molecule has 6 nitrogen and oxygen atoms in total. The Kier molecular flexibility index (Phi) is 5.26. The van der Waals surface area contributed by atoms with E-state index in [1.807, 2.05) is 13.8 Å². The number of nitrogens with zero attached hydrogens (tertiary/aromatic N) is 1. The Balaban J connectivity index is 1.93. The van der Waals surface area contributed by atoms with Gasteiger partial charge in [-0.2, -0.15) is 0 Å². The van der Waals surface area contributed by atoms with E-state index in [1.165, 1.54) is 0 Å². The third kappa shape index (κ3) is 3.64. The number of rotatable bonds is 6. The molecule has 0 radical (unpaired) electrons. The van der Waals surface area contributed by atoms with Gasteiger partial charge >= 0.3 is 12.0 Å². The van der Waals surface area contributed by atoms with Crippen LogP contribution >= 0.6 is 11.6 Å². The van der Waals surface area contributed by atoms with Crippen LogP contribution in [0.25, 0.3) is 0 Å². The summed E-state index contributed by atoms with van der Waals surface area (Å²) in [7, 11) is 0. The van der Waals surface area contributed by atoms with Crippen molar-refractivity contribution < 1.29 is 19.1 Å². The summed E-state index contributed by atoms with van der Waals surface area (Å²) in [6.07, 6.45) is 0.953. The van der Waals surface area contributed by atoms with Gasteiger partial charge in [-0.05, 0) is 30.5 Å². The quantitative estimate of drug-likeness (QED) is 0.638. The number of carbonyl (C=O) groups is 3. The number of carbonyl (C=O) groups excluding carboxylic acids is 3. The minimum atomic E-state index is -0.909. The average molecular weight is 339 g/mol. The largest absolute Gasteiger partial charge is 0.459 e. The van der Waals surface area contributed by atoms with Crippen LogP contribution in [0, 0.1) is 0 Å². The van der Waals surface area contributed by atoms with Gasteiger partial charge in [-0.15, -0.1) is 0 Å². The van der Waals surface area contributed by atoms with Gasteiger partial charge in [-0.25, -0.2) is 4.79 Å². The van der Waals surface area contributed by atoms with Crippen molar-refractivity contribution in [2.45, 2.75) is 38.8 Å². The number of hydrogen-bond donors (Lipinski definition) is 1. The van der Waals surface area contributed by atoms with E-state index in [9.17, 15) is 14.4 Å². The van der Waals surface area contributed by atoms with E-state index in [4.69, 9.17) is 16.3 Å². The molecule has 1 aromatic carbocycles. The van der Waals surface area contributed by atoms with Gasteiger partial charge in [0.2, 0.25) is 0 Å². The number of imide groups is 1. The topological polar surface area (TPSA) is 75.7 Å². The molecule has 3 amide bonds. The zero-order chi connectivity index (χ0) is 17.0. The first-order valence-electron chi connectivity index (χ1n) is 7.46. The molecule has 1 N–H and O–H groups in total. The summed E-state index contributed by atoms with van der Waals surface area (Å²) in [5.74, 6) is -1.01. The Morgan fingerprint density at radius 1 is 1.22 bits per heavy atom. The van der Waals surface area contributed by atoms with Crippen molar-refractivity contribution in [2.24, 2.45) is 0 Å². The fourth-order valence-corrected chi connectivity index (χ4v) is 2.59. The number of urea groups is 1. The second-order valence-electron chi connectivity index (χ2n) is 5.40. The van der Waals surface area contributed by atoms with Crippen LogP contribution in [0.5, 0.6) is 0 Å². The maximum Gasteiger partial charge on any atom is 0.326 e. The van der Waals surface area contributed by atoms with Gasteiger partial charge in [0.1, 0.15) is 18.7 Å². The van der Waals surface area contributed by atoms with E-state index in [-0.39, 0.29) is 19.1 Å². The number of benzene rings is 1. The molecule has 1 saturated heterocycles. The number of ether oxygens (including phenoxy) is 1. The summed E-state index contributed by atoms with van der Waals surface area (Å²) < 4.78 is 5.11. The molecule has 0 unspecified atom stereocenters. The first-order chi connectivity index (χ1) is 10.9. The van der Waals surface area contributed by atoms with E-state index >= 15 is 0 Å². The van der Waals surface area contributed by atoms with Crippen LogP contribution < -0.4 is 5.32 Å². The van der Waals surface area contributed by atoms with Crippen LogP contribution in [-0.2, 0) is 20.9 Å². The van der Waals surface area contributed by atoms with Gasteiger partial charge < -0.3 is 10.1 Å². The van der Waals surface area contributed by atoms with Crippen molar-refractivity contribution in [1.29, 1.82) is 0 Å². The predicted molar refractivity (Wildman–Crippen MR) is 84.8 cm³/mol. The summed E-state index contributed by atoms with van der Waals surface area (Å²) in [5, 5.41) is 3.26. The van der Waals surface area contributed by atoms with Crippen molar-refractivity contribution in [3.05, 3.63) is 34.9 Å². The first-order valence-corrected chi connectivity index (χ1v) is 7.84. The monoisotopic (exact) mass is 338 g/mol. The standard InChI is InChI=1S/C16H19ClN2O4/c1-3-16(4-2)14(21)19(15(22)18-16)9-13(20)23-10-11-5-7-12(17)8-6-11/h5-8H,3-4,9-10H2,1-2H3,(H,18,22). The Morgan fingerprint density at radius 3 is 2.35 bits per heavy atom. The second kappa shape index (κ2) is 7.00. The maximum absolute atomic E-state index is 12.4. The Morgan fingerprint density at radius 2 is 1.83 bits per heavy atom. The molecule has 0 aliphatic carbocycles. The maximum atomic E-state index is 12.4. The van der Waals surface area contributed by atoms with E-state index in [1.54, 1.807) is 24.3 Å². The molecule has 2 rings (SSSR count). The zero-order valence-corrected chi connectivity index (χ0v) is 13.9. The van der Waals surface area contributed by atoms with Crippen LogP contribution in [0.2, 0.25) is 5.02 Å². The number of hydrogen-bond acceptors (Lipinski definition) is 4. The minimum absolute atomic E-state index is 0.0619. The molecule has 1 aromatic rings. The van der Waals surface area contributed by atoms with Crippen LogP contribution in [0.4, 0.5) is 4.79 Å². The van der Waals surface area contributed by atoms with Gasteiger partial charge in [0.25, 0.3) is 5.91 Å². The molecule has 7 heteroatoms. The predicted octanol–water partition coefficient (Wildman–Crippen LogP) is 2.49. The molecule has 0 bridgehead atoms. The van der Waals surface area contributed by atoms with Crippen molar-refractivity contribution in [2.75, 3.05) is 6.54 Å². The van der Waals surface area contributed by atoms with Crippen LogP contribution in [0.3, 0.4) is 0 Å². The van der Waals surface area contributed by atoms with Gasteiger partial charge in [0.15, 0.2) is 0 Å². The summed E-state index contributed by atoms with van der Waals surface area (Å²) in [5.41, 5.74) is -0.135. The van der Waals surface area contributed by atoms with E-state index in [0.717, 1.165) is 10.5 Å². The van der Waals surface area contributed by atoms with E-state index in [0.29, 0.717) is 17.9 Å². The Hall–Kier alpha value is -2.08. The molecule has 0 spiro atoms. The molecule has 0 saturated carbocycles. The van der Waals surface area contributed by atoms with E-state index < -0.39 is 17.5 Å². The highest BCUT2D eigenvalue weighted by Crippen LogP contribution is 2.24. The molecule has 0 atom stereocenters. The highest BCUT2D eigenvalue weighted by Gasteiger charge is 2.49. The SMILES string of the molecule is CCC1(CC)NC(=O)N(CC(=O)OCc2ccc(Cl)cc2)C1=O. The number of amides is 3.